The van der Waals surface area contributed by atoms with Crippen LogP contribution in [0.4, 0.5) is 4.79 Å². The highest BCUT2D eigenvalue weighted by molar-refractivity contribution is 5.64. The normalized spacial score (nSPS) is 21.5. The predicted molar refractivity (Wildman–Crippen MR) is 93.2 cm³/mol. The molecule has 0 heterocycles. The molecule has 0 unspecified atom stereocenters. The minimum Gasteiger partial charge on any atom is -0.465 e. The highest BCUT2D eigenvalue weighted by Gasteiger charge is 2.24. The van der Waals surface area contributed by atoms with Crippen LogP contribution in [0, 0.1) is 11.8 Å². The maximum Gasteiger partial charge on any atom is 0.404 e. The number of amides is 1. The van der Waals surface area contributed by atoms with Gasteiger partial charge in [-0.25, -0.2) is 4.79 Å². The van der Waals surface area contributed by atoms with Gasteiger partial charge in [0.1, 0.15) is 0 Å². The van der Waals surface area contributed by atoms with Gasteiger partial charge in [-0.3, -0.25) is 0 Å². The molecule has 0 spiro atoms. The zero-order valence-corrected chi connectivity index (χ0v) is 14.4. The zero-order chi connectivity index (χ0) is 16.0. The van der Waals surface area contributed by atoms with E-state index in [1.165, 1.54) is 64.2 Å². The molecule has 2 N–H and O–H groups in total. The molecule has 1 saturated carbocycles. The molecule has 0 aromatic heterocycles. The Kier molecular flexibility index (Phi) is 10.9. The summed E-state index contributed by atoms with van der Waals surface area (Å²) < 4.78 is 0. The lowest BCUT2D eigenvalue weighted by Gasteiger charge is -2.16. The molecule has 1 amide bonds. The molecule has 0 aromatic carbocycles. The molecule has 22 heavy (non-hydrogen) atoms. The fourth-order valence-corrected chi connectivity index (χ4v) is 3.54. The van der Waals surface area contributed by atoms with Crippen LogP contribution in [0.1, 0.15) is 84.0 Å². The molecule has 0 saturated heterocycles. The van der Waals surface area contributed by atoms with Crippen LogP contribution in [0.2, 0.25) is 0 Å². The van der Waals surface area contributed by atoms with Gasteiger partial charge in [-0.05, 0) is 50.4 Å². The average molecular weight is 309 g/mol. The Hall–Kier alpha value is -0.990. The highest BCUT2D eigenvalue weighted by atomic mass is 16.4. The third-order valence-corrected chi connectivity index (χ3v) is 4.85. The van der Waals surface area contributed by atoms with Crippen LogP contribution in [0.5, 0.6) is 0 Å². The maximum absolute atomic E-state index is 10.3. The molecule has 128 valence electrons. The second-order valence-electron chi connectivity index (χ2n) is 6.71. The molecule has 0 aliphatic heterocycles. The van der Waals surface area contributed by atoms with E-state index in [4.69, 9.17) is 5.11 Å². The van der Waals surface area contributed by atoms with E-state index in [1.807, 2.05) is 0 Å². The van der Waals surface area contributed by atoms with Crippen molar-refractivity contribution in [1.82, 2.24) is 5.32 Å². The minimum atomic E-state index is -0.903. The minimum absolute atomic E-state index is 0.598. The van der Waals surface area contributed by atoms with Crippen LogP contribution >= 0.6 is 0 Å². The number of hydrogen-bond donors (Lipinski definition) is 2. The first-order valence-electron chi connectivity index (χ1n) is 9.37. The standard InChI is InChI=1S/C19H35NO2/c1-2-3-4-5-6-8-12-17-14-11-15-18(17)13-9-7-10-16-20-19(21)22/h8,12,17-18,20H,2-7,9-11,13-16H2,1H3,(H,21,22)/t17-,18-/m0/s1. The van der Waals surface area contributed by atoms with Crippen molar-refractivity contribution in [2.24, 2.45) is 11.8 Å². The lowest BCUT2D eigenvalue weighted by molar-refractivity contribution is 0.194. The van der Waals surface area contributed by atoms with Crippen LogP contribution in [0.15, 0.2) is 12.2 Å². The monoisotopic (exact) mass is 309 g/mol. The third-order valence-electron chi connectivity index (χ3n) is 4.85. The Morgan fingerprint density at radius 1 is 1.14 bits per heavy atom. The van der Waals surface area contributed by atoms with Gasteiger partial charge < -0.3 is 10.4 Å². The molecule has 1 aliphatic carbocycles. The Labute approximate surface area is 136 Å². The summed E-state index contributed by atoms with van der Waals surface area (Å²) in [7, 11) is 0. The van der Waals surface area contributed by atoms with Gasteiger partial charge in [0, 0.05) is 6.54 Å². The van der Waals surface area contributed by atoms with Crippen molar-refractivity contribution in [3.8, 4) is 0 Å². The fraction of sp³-hybridized carbons (Fsp3) is 0.842. The molecular formula is C19H35NO2. The Morgan fingerprint density at radius 3 is 2.73 bits per heavy atom. The Morgan fingerprint density at radius 2 is 1.95 bits per heavy atom. The van der Waals surface area contributed by atoms with E-state index in [9.17, 15) is 4.79 Å². The topological polar surface area (TPSA) is 49.3 Å². The summed E-state index contributed by atoms with van der Waals surface area (Å²) in [6.45, 7) is 2.86. The number of unbranched alkanes of at least 4 members (excludes halogenated alkanes) is 6. The van der Waals surface area contributed by atoms with Crippen LogP contribution in [-0.4, -0.2) is 17.7 Å². The number of carboxylic acid groups (broad SMARTS) is 1. The predicted octanol–water partition coefficient (Wildman–Crippen LogP) is 5.76. The molecule has 1 aliphatic rings. The van der Waals surface area contributed by atoms with Crippen molar-refractivity contribution in [3.63, 3.8) is 0 Å². The second-order valence-corrected chi connectivity index (χ2v) is 6.71. The maximum atomic E-state index is 10.3. The molecule has 2 atom stereocenters. The van der Waals surface area contributed by atoms with E-state index in [1.54, 1.807) is 0 Å². The lowest BCUT2D eigenvalue weighted by Crippen LogP contribution is -2.21. The molecule has 0 aromatic rings. The molecule has 0 bridgehead atoms. The van der Waals surface area contributed by atoms with Gasteiger partial charge in [0.2, 0.25) is 0 Å². The third kappa shape index (κ3) is 9.11. The van der Waals surface area contributed by atoms with Crippen molar-refractivity contribution in [3.05, 3.63) is 12.2 Å². The first-order chi connectivity index (χ1) is 10.7. The molecular weight excluding hydrogens is 274 g/mol. The van der Waals surface area contributed by atoms with Gasteiger partial charge in [-0.2, -0.15) is 0 Å². The Balaban J connectivity index is 2.07. The van der Waals surface area contributed by atoms with Crippen molar-refractivity contribution in [2.75, 3.05) is 6.54 Å². The molecule has 3 heteroatoms. The van der Waals surface area contributed by atoms with Gasteiger partial charge in [0.25, 0.3) is 0 Å². The number of rotatable bonds is 12. The first kappa shape index (κ1) is 19.1. The van der Waals surface area contributed by atoms with E-state index in [2.05, 4.69) is 24.4 Å². The number of hydrogen-bond acceptors (Lipinski definition) is 1. The molecule has 0 radical (unpaired) electrons. The van der Waals surface area contributed by atoms with Crippen molar-refractivity contribution in [1.29, 1.82) is 0 Å². The van der Waals surface area contributed by atoms with Crippen molar-refractivity contribution in [2.45, 2.75) is 84.0 Å². The van der Waals surface area contributed by atoms with E-state index in [0.29, 0.717) is 6.54 Å². The van der Waals surface area contributed by atoms with Gasteiger partial charge in [-0.15, -0.1) is 0 Å². The lowest BCUT2D eigenvalue weighted by atomic mass is 9.90. The summed E-state index contributed by atoms with van der Waals surface area (Å²) in [5, 5.41) is 10.9. The number of carbonyl (C=O) groups is 1. The summed E-state index contributed by atoms with van der Waals surface area (Å²) in [6.07, 6.45) is 19.5. The number of allylic oxidation sites excluding steroid dienone is 2. The summed E-state index contributed by atoms with van der Waals surface area (Å²) >= 11 is 0. The van der Waals surface area contributed by atoms with E-state index < -0.39 is 6.09 Å². The number of nitrogens with one attached hydrogen (secondary N) is 1. The second kappa shape index (κ2) is 12.5. The van der Waals surface area contributed by atoms with Crippen molar-refractivity contribution >= 4 is 6.09 Å². The quantitative estimate of drug-likeness (QED) is 0.356. The van der Waals surface area contributed by atoms with Gasteiger partial charge in [-0.1, -0.05) is 57.6 Å². The first-order valence-corrected chi connectivity index (χ1v) is 9.37. The van der Waals surface area contributed by atoms with E-state index in [-0.39, 0.29) is 0 Å². The summed E-state index contributed by atoms with van der Waals surface area (Å²) in [4.78, 5) is 10.3. The van der Waals surface area contributed by atoms with Gasteiger partial charge in [0.05, 0.1) is 0 Å². The summed E-state index contributed by atoms with van der Waals surface area (Å²) in [6, 6.07) is 0. The van der Waals surface area contributed by atoms with Crippen LogP contribution in [-0.2, 0) is 0 Å². The summed E-state index contributed by atoms with van der Waals surface area (Å²) in [5.74, 6) is 1.68. The highest BCUT2D eigenvalue weighted by Crippen LogP contribution is 2.36. The Bertz CT molecular complexity index is 315. The zero-order valence-electron chi connectivity index (χ0n) is 14.4. The largest absolute Gasteiger partial charge is 0.465 e. The van der Waals surface area contributed by atoms with Crippen LogP contribution < -0.4 is 5.32 Å². The fourth-order valence-electron chi connectivity index (χ4n) is 3.54. The van der Waals surface area contributed by atoms with E-state index in [0.717, 1.165) is 24.7 Å². The van der Waals surface area contributed by atoms with Crippen molar-refractivity contribution < 1.29 is 9.90 Å². The summed E-state index contributed by atoms with van der Waals surface area (Å²) in [5.41, 5.74) is 0. The molecule has 1 fully saturated rings. The van der Waals surface area contributed by atoms with Crippen LogP contribution in [0.3, 0.4) is 0 Å². The molecule has 1 rings (SSSR count). The molecule has 3 nitrogen and oxygen atoms in total. The SMILES string of the molecule is CCCCCCC=C[C@H]1CCC[C@@H]1CCCCCNC(=O)O. The average Bonchev–Trinajstić information content (AvgIpc) is 2.93. The van der Waals surface area contributed by atoms with Crippen LogP contribution in [0.25, 0.3) is 0 Å². The van der Waals surface area contributed by atoms with E-state index >= 15 is 0 Å². The van der Waals surface area contributed by atoms with Gasteiger partial charge >= 0.3 is 6.09 Å². The van der Waals surface area contributed by atoms with Gasteiger partial charge in [0.15, 0.2) is 0 Å². The smallest absolute Gasteiger partial charge is 0.404 e.